The van der Waals surface area contributed by atoms with E-state index < -0.39 is 5.97 Å². The molecule has 5 nitrogen and oxygen atoms in total. The van der Waals surface area contributed by atoms with E-state index in [1.807, 2.05) is 24.6 Å². The van der Waals surface area contributed by atoms with Gasteiger partial charge in [-0.1, -0.05) is 6.07 Å². The molecule has 0 bridgehead atoms. The summed E-state index contributed by atoms with van der Waals surface area (Å²) >= 11 is 0. The Morgan fingerprint density at radius 1 is 1.41 bits per heavy atom. The minimum absolute atomic E-state index is 0.0593. The maximum atomic E-state index is 10.8. The van der Waals surface area contributed by atoms with Crippen molar-refractivity contribution in [2.45, 2.75) is 20.4 Å². The van der Waals surface area contributed by atoms with Gasteiger partial charge in [0.05, 0.1) is 17.9 Å². The number of hydrogen-bond acceptors (Lipinski definition) is 3. The van der Waals surface area contributed by atoms with Crippen molar-refractivity contribution >= 4 is 5.97 Å². The summed E-state index contributed by atoms with van der Waals surface area (Å²) in [6.45, 7) is 4.37. The maximum Gasteiger partial charge on any atom is 0.354 e. The molecule has 0 radical (unpaired) electrons. The third kappa shape index (κ3) is 2.50. The minimum atomic E-state index is -1.01. The molecule has 2 aromatic rings. The fourth-order valence-electron chi connectivity index (χ4n) is 1.68. The highest BCUT2D eigenvalue weighted by atomic mass is 16.4. The van der Waals surface area contributed by atoms with E-state index in [1.54, 1.807) is 12.1 Å². The first-order valence-electron chi connectivity index (χ1n) is 5.26. The van der Waals surface area contributed by atoms with Crippen LogP contribution in [0.3, 0.4) is 0 Å². The van der Waals surface area contributed by atoms with Crippen molar-refractivity contribution in [3.8, 4) is 0 Å². The lowest BCUT2D eigenvalue weighted by Gasteiger charge is -2.04. The number of aryl methyl sites for hydroxylation is 2. The van der Waals surface area contributed by atoms with Gasteiger partial charge in [-0.3, -0.25) is 4.68 Å². The lowest BCUT2D eigenvalue weighted by Crippen LogP contribution is -2.08. The zero-order chi connectivity index (χ0) is 12.4. The Balaban J connectivity index is 2.27. The number of carbonyl (C=O) groups is 1. The molecule has 88 valence electrons. The fraction of sp³-hybridized carbons (Fsp3) is 0.250. The summed E-state index contributed by atoms with van der Waals surface area (Å²) in [6, 6.07) is 6.94. The van der Waals surface area contributed by atoms with Gasteiger partial charge < -0.3 is 5.11 Å². The van der Waals surface area contributed by atoms with Gasteiger partial charge in [0.15, 0.2) is 0 Å². The van der Waals surface area contributed by atoms with Gasteiger partial charge >= 0.3 is 5.97 Å². The number of rotatable bonds is 3. The van der Waals surface area contributed by atoms with Gasteiger partial charge in [-0.15, -0.1) is 0 Å². The monoisotopic (exact) mass is 231 g/mol. The first-order chi connectivity index (χ1) is 8.06. The molecule has 0 aromatic carbocycles. The first kappa shape index (κ1) is 11.3. The average Bonchev–Trinajstić information content (AvgIpc) is 2.58. The minimum Gasteiger partial charge on any atom is -0.477 e. The summed E-state index contributed by atoms with van der Waals surface area (Å²) in [7, 11) is 0. The molecule has 0 unspecified atom stereocenters. The van der Waals surface area contributed by atoms with Crippen LogP contribution < -0.4 is 0 Å². The standard InChI is InChI=1S/C12H13N3O2/c1-8-6-9(2)15(14-8)7-10-4-3-5-11(13-10)12(16)17/h3-6H,7H2,1-2H3,(H,16,17). The lowest BCUT2D eigenvalue weighted by atomic mass is 10.3. The summed E-state index contributed by atoms with van der Waals surface area (Å²) in [5.41, 5.74) is 2.72. The van der Waals surface area contributed by atoms with Crippen molar-refractivity contribution in [1.82, 2.24) is 14.8 Å². The quantitative estimate of drug-likeness (QED) is 0.871. The van der Waals surface area contributed by atoms with Crippen molar-refractivity contribution < 1.29 is 9.90 Å². The van der Waals surface area contributed by atoms with E-state index in [0.29, 0.717) is 12.2 Å². The van der Waals surface area contributed by atoms with Crippen molar-refractivity contribution in [1.29, 1.82) is 0 Å². The zero-order valence-electron chi connectivity index (χ0n) is 9.71. The summed E-state index contributed by atoms with van der Waals surface area (Å²) in [5.74, 6) is -1.01. The highest BCUT2D eigenvalue weighted by molar-refractivity contribution is 5.85. The second kappa shape index (κ2) is 4.37. The van der Waals surface area contributed by atoms with Gasteiger partial charge in [-0.05, 0) is 32.0 Å². The molecule has 0 atom stereocenters. The van der Waals surface area contributed by atoms with Crippen molar-refractivity contribution in [3.63, 3.8) is 0 Å². The highest BCUT2D eigenvalue weighted by Gasteiger charge is 2.07. The normalized spacial score (nSPS) is 10.5. The Morgan fingerprint density at radius 3 is 2.76 bits per heavy atom. The Hall–Kier alpha value is -2.17. The van der Waals surface area contributed by atoms with Crippen LogP contribution in [0.5, 0.6) is 0 Å². The smallest absolute Gasteiger partial charge is 0.354 e. The van der Waals surface area contributed by atoms with E-state index in [2.05, 4.69) is 10.1 Å². The van der Waals surface area contributed by atoms with Crippen LogP contribution in [0, 0.1) is 13.8 Å². The molecule has 2 aromatic heterocycles. The molecule has 2 heterocycles. The van der Waals surface area contributed by atoms with Gasteiger partial charge in [0, 0.05) is 5.69 Å². The third-order valence-electron chi connectivity index (χ3n) is 2.44. The molecule has 0 fully saturated rings. The Labute approximate surface area is 98.7 Å². The summed E-state index contributed by atoms with van der Waals surface area (Å²) < 4.78 is 1.81. The number of aromatic nitrogens is 3. The van der Waals surface area contributed by atoms with E-state index in [1.165, 1.54) is 6.07 Å². The van der Waals surface area contributed by atoms with Crippen LogP contribution in [0.1, 0.15) is 27.6 Å². The number of aromatic carboxylic acids is 1. The predicted octanol–water partition coefficient (Wildman–Crippen LogP) is 1.64. The average molecular weight is 231 g/mol. The molecule has 5 heteroatoms. The second-order valence-electron chi connectivity index (χ2n) is 3.90. The molecule has 0 saturated carbocycles. The van der Waals surface area contributed by atoms with E-state index in [-0.39, 0.29) is 5.69 Å². The van der Waals surface area contributed by atoms with Crippen molar-refractivity contribution in [2.75, 3.05) is 0 Å². The SMILES string of the molecule is Cc1cc(C)n(Cc2cccc(C(=O)O)n2)n1. The predicted molar refractivity (Wildman–Crippen MR) is 62.0 cm³/mol. The van der Waals surface area contributed by atoms with Gasteiger partial charge in [-0.2, -0.15) is 5.10 Å². The number of carboxylic acid groups (broad SMARTS) is 1. The Kier molecular flexibility index (Phi) is 2.91. The molecule has 2 rings (SSSR count). The van der Waals surface area contributed by atoms with Gasteiger partial charge in [-0.25, -0.2) is 9.78 Å². The third-order valence-corrected chi connectivity index (χ3v) is 2.44. The topological polar surface area (TPSA) is 68.0 Å². The molecule has 17 heavy (non-hydrogen) atoms. The van der Waals surface area contributed by atoms with E-state index in [4.69, 9.17) is 5.11 Å². The number of hydrogen-bond donors (Lipinski definition) is 1. The van der Waals surface area contributed by atoms with Gasteiger partial charge in [0.2, 0.25) is 0 Å². The van der Waals surface area contributed by atoms with Crippen molar-refractivity contribution in [2.24, 2.45) is 0 Å². The van der Waals surface area contributed by atoms with Crippen molar-refractivity contribution in [3.05, 3.63) is 47.0 Å². The molecular weight excluding hydrogens is 218 g/mol. The fourth-order valence-corrected chi connectivity index (χ4v) is 1.68. The molecular formula is C12H13N3O2. The zero-order valence-corrected chi connectivity index (χ0v) is 9.71. The molecule has 0 aliphatic carbocycles. The van der Waals surface area contributed by atoms with E-state index in [0.717, 1.165) is 11.4 Å². The molecule has 0 saturated heterocycles. The molecule has 0 aliphatic heterocycles. The number of carboxylic acids is 1. The summed E-state index contributed by atoms with van der Waals surface area (Å²) in [4.78, 5) is 14.8. The van der Waals surface area contributed by atoms with Crippen LogP contribution in [0.2, 0.25) is 0 Å². The van der Waals surface area contributed by atoms with E-state index in [9.17, 15) is 4.79 Å². The Morgan fingerprint density at radius 2 is 2.18 bits per heavy atom. The molecule has 1 N–H and O–H groups in total. The van der Waals surface area contributed by atoms with Crippen LogP contribution in [0.25, 0.3) is 0 Å². The Bertz CT molecular complexity index is 561. The lowest BCUT2D eigenvalue weighted by molar-refractivity contribution is 0.0690. The van der Waals surface area contributed by atoms with Crippen LogP contribution in [0.4, 0.5) is 0 Å². The van der Waals surface area contributed by atoms with Crippen LogP contribution in [-0.2, 0) is 6.54 Å². The molecule has 0 spiro atoms. The van der Waals surface area contributed by atoms with Crippen LogP contribution >= 0.6 is 0 Å². The largest absolute Gasteiger partial charge is 0.477 e. The van der Waals surface area contributed by atoms with Crippen LogP contribution in [0.15, 0.2) is 24.3 Å². The van der Waals surface area contributed by atoms with Gasteiger partial charge in [0.25, 0.3) is 0 Å². The maximum absolute atomic E-state index is 10.8. The number of nitrogens with zero attached hydrogens (tertiary/aromatic N) is 3. The summed E-state index contributed by atoms with van der Waals surface area (Å²) in [6.07, 6.45) is 0. The first-order valence-corrected chi connectivity index (χ1v) is 5.26. The molecule has 0 amide bonds. The summed E-state index contributed by atoms with van der Waals surface area (Å²) in [5, 5.41) is 13.2. The second-order valence-corrected chi connectivity index (χ2v) is 3.90. The molecule has 0 aliphatic rings. The van der Waals surface area contributed by atoms with Crippen LogP contribution in [-0.4, -0.2) is 25.8 Å². The van der Waals surface area contributed by atoms with E-state index >= 15 is 0 Å². The van der Waals surface area contributed by atoms with Gasteiger partial charge in [0.1, 0.15) is 5.69 Å². The highest BCUT2D eigenvalue weighted by Crippen LogP contribution is 2.06. The number of pyridine rings is 1.